The van der Waals surface area contributed by atoms with E-state index >= 15 is 0 Å². The summed E-state index contributed by atoms with van der Waals surface area (Å²) in [4.78, 5) is 11.7. The summed E-state index contributed by atoms with van der Waals surface area (Å²) in [6.07, 6.45) is 0.843. The van der Waals surface area contributed by atoms with E-state index in [1.54, 1.807) is 12.1 Å². The van der Waals surface area contributed by atoms with Crippen molar-refractivity contribution >= 4 is 21.9 Å². The lowest BCUT2D eigenvalue weighted by Gasteiger charge is -2.22. The number of halogens is 2. The number of hydrogen-bond donors (Lipinski definition) is 1. The molecule has 0 saturated carbocycles. The molecular formula is C14H19BrFNO2. The zero-order valence-electron chi connectivity index (χ0n) is 11.4. The molecule has 0 fully saturated rings. The van der Waals surface area contributed by atoms with E-state index in [0.29, 0.717) is 16.6 Å². The second kappa shape index (κ2) is 7.60. The quantitative estimate of drug-likeness (QED) is 0.813. The first-order chi connectivity index (χ1) is 8.99. The number of methoxy groups -OCH3 is 1. The molecule has 2 atom stereocenters. The Morgan fingerprint density at radius 1 is 1.53 bits per heavy atom. The third-order valence-electron chi connectivity index (χ3n) is 3.20. The number of benzene rings is 1. The lowest BCUT2D eigenvalue weighted by atomic mass is 9.99. The number of nitrogens with one attached hydrogen (secondary N) is 1. The summed E-state index contributed by atoms with van der Waals surface area (Å²) >= 11 is 3.21. The molecule has 19 heavy (non-hydrogen) atoms. The van der Waals surface area contributed by atoms with Gasteiger partial charge in [0.05, 0.1) is 7.11 Å². The number of esters is 1. The highest BCUT2D eigenvalue weighted by atomic mass is 79.9. The van der Waals surface area contributed by atoms with Gasteiger partial charge in [0.1, 0.15) is 11.9 Å². The molecule has 0 aliphatic carbocycles. The second-order valence-electron chi connectivity index (χ2n) is 4.50. The fraction of sp³-hybridized carbons (Fsp3) is 0.500. The standard InChI is InChI=1S/C14H19BrFNO2/c1-4-9(2)13(14(18)19-3)17-8-10-5-6-11(15)7-12(10)16/h5-7,9,13,17H,4,8H2,1-3H3. The third kappa shape index (κ3) is 4.58. The van der Waals surface area contributed by atoms with Crippen molar-refractivity contribution in [2.45, 2.75) is 32.9 Å². The number of carbonyl (C=O) groups is 1. The summed E-state index contributed by atoms with van der Waals surface area (Å²) in [5.41, 5.74) is 0.528. The Morgan fingerprint density at radius 2 is 2.21 bits per heavy atom. The van der Waals surface area contributed by atoms with Crippen LogP contribution in [0.2, 0.25) is 0 Å². The molecule has 0 heterocycles. The second-order valence-corrected chi connectivity index (χ2v) is 5.42. The van der Waals surface area contributed by atoms with E-state index < -0.39 is 6.04 Å². The van der Waals surface area contributed by atoms with Gasteiger partial charge in [0, 0.05) is 16.6 Å². The van der Waals surface area contributed by atoms with Gasteiger partial charge in [-0.25, -0.2) is 4.39 Å². The highest BCUT2D eigenvalue weighted by Crippen LogP contribution is 2.16. The summed E-state index contributed by atoms with van der Waals surface area (Å²) < 4.78 is 19.1. The highest BCUT2D eigenvalue weighted by Gasteiger charge is 2.24. The maximum atomic E-state index is 13.7. The van der Waals surface area contributed by atoms with Gasteiger partial charge in [-0.2, -0.15) is 0 Å². The van der Waals surface area contributed by atoms with Crippen LogP contribution < -0.4 is 5.32 Å². The van der Waals surface area contributed by atoms with Crippen LogP contribution in [0.25, 0.3) is 0 Å². The molecule has 1 rings (SSSR count). The summed E-state index contributed by atoms with van der Waals surface area (Å²) in [5.74, 6) is -0.479. The molecular weight excluding hydrogens is 313 g/mol. The fourth-order valence-electron chi connectivity index (χ4n) is 1.76. The molecule has 1 aromatic carbocycles. The summed E-state index contributed by atoms with van der Waals surface area (Å²) in [6, 6.07) is 4.46. The monoisotopic (exact) mass is 331 g/mol. The maximum Gasteiger partial charge on any atom is 0.323 e. The van der Waals surface area contributed by atoms with Crippen molar-refractivity contribution in [3.05, 3.63) is 34.1 Å². The average Bonchev–Trinajstić information content (AvgIpc) is 2.40. The molecule has 0 saturated heterocycles. The van der Waals surface area contributed by atoms with Crippen LogP contribution in [0.1, 0.15) is 25.8 Å². The van der Waals surface area contributed by atoms with Crippen LogP contribution in [0.4, 0.5) is 4.39 Å². The number of ether oxygens (including phenoxy) is 1. The predicted molar refractivity (Wildman–Crippen MR) is 76.2 cm³/mol. The van der Waals surface area contributed by atoms with E-state index in [1.165, 1.54) is 13.2 Å². The topological polar surface area (TPSA) is 38.3 Å². The van der Waals surface area contributed by atoms with Crippen molar-refractivity contribution in [2.75, 3.05) is 7.11 Å². The van der Waals surface area contributed by atoms with E-state index in [2.05, 4.69) is 21.2 Å². The van der Waals surface area contributed by atoms with Gasteiger partial charge in [-0.1, -0.05) is 42.3 Å². The minimum atomic E-state index is -0.418. The first-order valence-electron chi connectivity index (χ1n) is 6.24. The summed E-state index contributed by atoms with van der Waals surface area (Å²) in [6.45, 7) is 4.26. The first-order valence-corrected chi connectivity index (χ1v) is 7.04. The smallest absolute Gasteiger partial charge is 0.323 e. The van der Waals surface area contributed by atoms with Crippen LogP contribution in [0.15, 0.2) is 22.7 Å². The van der Waals surface area contributed by atoms with Crippen molar-refractivity contribution in [2.24, 2.45) is 5.92 Å². The molecule has 106 valence electrons. The van der Waals surface area contributed by atoms with Gasteiger partial charge in [-0.3, -0.25) is 10.1 Å². The van der Waals surface area contributed by atoms with Gasteiger partial charge in [0.15, 0.2) is 0 Å². The zero-order valence-corrected chi connectivity index (χ0v) is 13.0. The molecule has 0 aliphatic heterocycles. The predicted octanol–water partition coefficient (Wildman–Crippen LogP) is 3.27. The summed E-state index contributed by atoms with van der Waals surface area (Å²) in [7, 11) is 1.36. The van der Waals surface area contributed by atoms with Gasteiger partial charge in [0.2, 0.25) is 0 Å². The Labute approximate surface area is 121 Å². The Kier molecular flexibility index (Phi) is 6.45. The van der Waals surface area contributed by atoms with Crippen LogP contribution in [0.5, 0.6) is 0 Å². The highest BCUT2D eigenvalue weighted by molar-refractivity contribution is 9.10. The molecule has 3 nitrogen and oxygen atoms in total. The molecule has 1 N–H and O–H groups in total. The number of hydrogen-bond acceptors (Lipinski definition) is 3. The number of carbonyl (C=O) groups excluding carboxylic acids is 1. The largest absolute Gasteiger partial charge is 0.468 e. The van der Waals surface area contributed by atoms with Crippen LogP contribution in [0.3, 0.4) is 0 Å². The van der Waals surface area contributed by atoms with E-state index in [1.807, 2.05) is 13.8 Å². The Hall–Kier alpha value is -0.940. The van der Waals surface area contributed by atoms with Crippen molar-refractivity contribution in [1.29, 1.82) is 0 Å². The third-order valence-corrected chi connectivity index (χ3v) is 3.69. The van der Waals surface area contributed by atoms with Crippen LogP contribution >= 0.6 is 15.9 Å². The lowest BCUT2D eigenvalue weighted by molar-refractivity contribution is -0.144. The molecule has 0 aliphatic rings. The van der Waals surface area contributed by atoms with Crippen LogP contribution in [-0.4, -0.2) is 19.1 Å². The van der Waals surface area contributed by atoms with Crippen LogP contribution in [0, 0.1) is 11.7 Å². The van der Waals surface area contributed by atoms with Gasteiger partial charge in [-0.05, 0) is 18.1 Å². The minimum absolute atomic E-state index is 0.131. The zero-order chi connectivity index (χ0) is 14.4. The molecule has 2 unspecified atom stereocenters. The Balaban J connectivity index is 2.73. The van der Waals surface area contributed by atoms with Crippen molar-refractivity contribution < 1.29 is 13.9 Å². The van der Waals surface area contributed by atoms with Gasteiger partial charge in [0.25, 0.3) is 0 Å². The Morgan fingerprint density at radius 3 is 2.74 bits per heavy atom. The number of rotatable bonds is 6. The average molecular weight is 332 g/mol. The van der Waals surface area contributed by atoms with E-state index in [9.17, 15) is 9.18 Å². The molecule has 0 radical (unpaired) electrons. The SMILES string of the molecule is CCC(C)C(NCc1ccc(Br)cc1F)C(=O)OC. The van der Waals surface area contributed by atoms with Crippen LogP contribution in [-0.2, 0) is 16.1 Å². The van der Waals surface area contributed by atoms with E-state index in [0.717, 1.165) is 6.42 Å². The maximum absolute atomic E-state index is 13.7. The molecule has 5 heteroatoms. The van der Waals surface area contributed by atoms with Gasteiger partial charge >= 0.3 is 5.97 Å². The van der Waals surface area contributed by atoms with Gasteiger partial charge in [-0.15, -0.1) is 0 Å². The molecule has 0 spiro atoms. The van der Waals surface area contributed by atoms with E-state index in [4.69, 9.17) is 4.74 Å². The lowest BCUT2D eigenvalue weighted by Crippen LogP contribution is -2.42. The first kappa shape index (κ1) is 16.1. The van der Waals surface area contributed by atoms with Crippen molar-refractivity contribution in [3.8, 4) is 0 Å². The molecule has 0 amide bonds. The molecule has 0 bridgehead atoms. The van der Waals surface area contributed by atoms with Crippen molar-refractivity contribution in [3.63, 3.8) is 0 Å². The molecule has 0 aromatic heterocycles. The Bertz CT molecular complexity index is 439. The minimum Gasteiger partial charge on any atom is -0.468 e. The van der Waals surface area contributed by atoms with Crippen molar-refractivity contribution in [1.82, 2.24) is 5.32 Å². The molecule has 1 aromatic rings. The normalized spacial score (nSPS) is 13.9. The summed E-state index contributed by atoms with van der Waals surface area (Å²) in [5, 5.41) is 3.07. The van der Waals surface area contributed by atoms with Gasteiger partial charge < -0.3 is 4.74 Å². The van der Waals surface area contributed by atoms with E-state index in [-0.39, 0.29) is 17.7 Å². The fourth-order valence-corrected chi connectivity index (χ4v) is 2.10.